The van der Waals surface area contributed by atoms with Crippen LogP contribution >= 0.6 is 0 Å². The van der Waals surface area contributed by atoms with Gasteiger partial charge in [0.2, 0.25) is 15.9 Å². The van der Waals surface area contributed by atoms with E-state index in [-0.39, 0.29) is 17.8 Å². The van der Waals surface area contributed by atoms with Crippen LogP contribution in [0.4, 0.5) is 5.69 Å². The van der Waals surface area contributed by atoms with Crippen LogP contribution in [-0.2, 0) is 24.3 Å². The van der Waals surface area contributed by atoms with Crippen molar-refractivity contribution in [2.45, 2.75) is 46.1 Å². The molecule has 1 aliphatic rings. The van der Waals surface area contributed by atoms with Crippen molar-refractivity contribution < 1.29 is 22.7 Å². The third kappa shape index (κ3) is 5.25. The second-order valence-electron chi connectivity index (χ2n) is 7.17. The molecular weight excluding hydrogens is 380 g/mol. The fraction of sp³-hybridized carbons (Fsp3) is 0.600. The first kappa shape index (κ1) is 22.2. The normalized spacial score (nSPS) is 16.5. The predicted octanol–water partition coefficient (Wildman–Crippen LogP) is 2.34. The minimum atomic E-state index is -3.65. The van der Waals surface area contributed by atoms with E-state index >= 15 is 0 Å². The average molecular weight is 411 g/mol. The van der Waals surface area contributed by atoms with Gasteiger partial charge < -0.3 is 9.64 Å². The number of aryl methyl sites for hydroxylation is 1. The summed E-state index contributed by atoms with van der Waals surface area (Å²) in [4.78, 5) is 26.7. The molecule has 2 rings (SSSR count). The maximum absolute atomic E-state index is 13.2. The van der Waals surface area contributed by atoms with Crippen LogP contribution in [0.1, 0.15) is 38.7 Å². The molecular formula is C20H30N2O5S. The highest BCUT2D eigenvalue weighted by Gasteiger charge is 2.36. The van der Waals surface area contributed by atoms with Gasteiger partial charge in [-0.3, -0.25) is 13.9 Å². The third-order valence-electron chi connectivity index (χ3n) is 5.03. The van der Waals surface area contributed by atoms with Crippen LogP contribution in [0.2, 0.25) is 0 Å². The molecule has 0 N–H and O–H groups in total. The van der Waals surface area contributed by atoms with Crippen LogP contribution in [0.25, 0.3) is 0 Å². The summed E-state index contributed by atoms with van der Waals surface area (Å²) in [5, 5.41) is 0. The number of benzene rings is 1. The van der Waals surface area contributed by atoms with E-state index in [0.717, 1.165) is 11.8 Å². The molecule has 1 fully saturated rings. The Hall–Kier alpha value is -2.09. The standard InChI is InChI=1S/C20H30N2O5S/c1-5-18(22(28(4,25)26)17-9-7-15(3)8-10-17)19(23)21-13-11-16(12-14-21)20(24)27-6-2/h7-10,16,18H,5-6,11-14H2,1-4H3. The summed E-state index contributed by atoms with van der Waals surface area (Å²) in [6.07, 6.45) is 2.54. The van der Waals surface area contributed by atoms with Crippen molar-refractivity contribution in [1.82, 2.24) is 4.90 Å². The molecule has 1 heterocycles. The monoisotopic (exact) mass is 410 g/mol. The molecule has 0 aliphatic carbocycles. The number of anilines is 1. The summed E-state index contributed by atoms with van der Waals surface area (Å²) >= 11 is 0. The van der Waals surface area contributed by atoms with Crippen molar-refractivity contribution in [3.05, 3.63) is 29.8 Å². The van der Waals surface area contributed by atoms with Crippen molar-refractivity contribution in [3.63, 3.8) is 0 Å². The van der Waals surface area contributed by atoms with Crippen LogP contribution in [-0.4, -0.2) is 57.2 Å². The Balaban J connectivity index is 2.19. The second kappa shape index (κ2) is 9.41. The number of nitrogens with zero attached hydrogens (tertiary/aromatic N) is 2. The zero-order chi connectivity index (χ0) is 20.9. The minimum absolute atomic E-state index is 0.202. The lowest BCUT2D eigenvalue weighted by Crippen LogP contribution is -2.52. The second-order valence-corrected chi connectivity index (χ2v) is 9.03. The molecule has 156 valence electrons. The number of hydrogen-bond donors (Lipinski definition) is 0. The first-order chi connectivity index (χ1) is 13.2. The summed E-state index contributed by atoms with van der Waals surface area (Å²) in [5.74, 6) is -0.651. The number of sulfonamides is 1. The zero-order valence-corrected chi connectivity index (χ0v) is 17.9. The highest BCUT2D eigenvalue weighted by atomic mass is 32.2. The number of likely N-dealkylation sites (tertiary alicyclic amines) is 1. The number of hydrogen-bond acceptors (Lipinski definition) is 5. The lowest BCUT2D eigenvalue weighted by molar-refractivity contribution is -0.151. The fourth-order valence-electron chi connectivity index (χ4n) is 3.54. The van der Waals surface area contributed by atoms with Crippen molar-refractivity contribution in [1.29, 1.82) is 0 Å². The number of rotatable bonds is 7. The maximum atomic E-state index is 13.2. The van der Waals surface area contributed by atoms with Crippen molar-refractivity contribution >= 4 is 27.6 Å². The molecule has 1 aromatic carbocycles. The van der Waals surface area contributed by atoms with E-state index < -0.39 is 16.1 Å². The Morgan fingerprint density at radius 2 is 1.75 bits per heavy atom. The Labute approximate surface area is 167 Å². The number of ether oxygens (including phenoxy) is 1. The molecule has 8 heteroatoms. The summed E-state index contributed by atoms with van der Waals surface area (Å²) in [7, 11) is -3.65. The van der Waals surface area contributed by atoms with Crippen LogP contribution in [0.15, 0.2) is 24.3 Å². The highest BCUT2D eigenvalue weighted by Crippen LogP contribution is 2.26. The van der Waals surface area contributed by atoms with E-state index in [1.165, 1.54) is 4.31 Å². The highest BCUT2D eigenvalue weighted by molar-refractivity contribution is 7.92. The van der Waals surface area contributed by atoms with Crippen LogP contribution in [0.3, 0.4) is 0 Å². The van der Waals surface area contributed by atoms with E-state index in [4.69, 9.17) is 4.74 Å². The molecule has 28 heavy (non-hydrogen) atoms. The zero-order valence-electron chi connectivity index (χ0n) is 17.1. The van der Waals surface area contributed by atoms with E-state index in [1.54, 1.807) is 30.9 Å². The van der Waals surface area contributed by atoms with Gasteiger partial charge in [0.05, 0.1) is 24.5 Å². The van der Waals surface area contributed by atoms with E-state index in [2.05, 4.69) is 0 Å². The van der Waals surface area contributed by atoms with Crippen LogP contribution < -0.4 is 4.31 Å². The summed E-state index contributed by atoms with van der Waals surface area (Å²) < 4.78 is 31.3. The predicted molar refractivity (Wildman–Crippen MR) is 109 cm³/mol. The Kier molecular flexibility index (Phi) is 7.46. The van der Waals surface area contributed by atoms with Gasteiger partial charge in [-0.1, -0.05) is 24.6 Å². The van der Waals surface area contributed by atoms with Crippen molar-refractivity contribution in [3.8, 4) is 0 Å². The molecule has 1 unspecified atom stereocenters. The Morgan fingerprint density at radius 3 is 2.21 bits per heavy atom. The van der Waals surface area contributed by atoms with Gasteiger partial charge in [-0.25, -0.2) is 8.42 Å². The molecule has 0 bridgehead atoms. The van der Waals surface area contributed by atoms with E-state index in [9.17, 15) is 18.0 Å². The molecule has 0 aromatic heterocycles. The number of esters is 1. The van der Waals surface area contributed by atoms with Gasteiger partial charge in [0.1, 0.15) is 6.04 Å². The number of carbonyl (C=O) groups excluding carboxylic acids is 2. The summed E-state index contributed by atoms with van der Waals surface area (Å²) in [6.45, 7) is 6.68. The van der Waals surface area contributed by atoms with Gasteiger partial charge in [-0.15, -0.1) is 0 Å². The number of piperidine rings is 1. The summed E-state index contributed by atoms with van der Waals surface area (Å²) in [5.41, 5.74) is 1.49. The van der Waals surface area contributed by atoms with Gasteiger partial charge in [0.15, 0.2) is 0 Å². The first-order valence-electron chi connectivity index (χ1n) is 9.70. The molecule has 1 atom stereocenters. The molecule has 1 aromatic rings. The van der Waals surface area contributed by atoms with Gasteiger partial charge in [0.25, 0.3) is 0 Å². The minimum Gasteiger partial charge on any atom is -0.466 e. The molecule has 0 radical (unpaired) electrons. The van der Waals surface area contributed by atoms with Crippen LogP contribution in [0, 0.1) is 12.8 Å². The number of carbonyl (C=O) groups is 2. The Morgan fingerprint density at radius 1 is 1.18 bits per heavy atom. The van der Waals surface area contributed by atoms with Crippen molar-refractivity contribution in [2.75, 3.05) is 30.3 Å². The lowest BCUT2D eigenvalue weighted by Gasteiger charge is -2.37. The van der Waals surface area contributed by atoms with Gasteiger partial charge >= 0.3 is 5.97 Å². The lowest BCUT2D eigenvalue weighted by atomic mass is 9.96. The molecule has 0 spiro atoms. The molecule has 1 amide bonds. The van der Waals surface area contributed by atoms with Gasteiger partial charge in [-0.2, -0.15) is 0 Å². The molecule has 0 saturated carbocycles. The van der Waals surface area contributed by atoms with Crippen LogP contribution in [0.5, 0.6) is 0 Å². The fourth-order valence-corrected chi connectivity index (χ4v) is 4.75. The van der Waals surface area contributed by atoms with Gasteiger partial charge in [-0.05, 0) is 45.2 Å². The third-order valence-corrected chi connectivity index (χ3v) is 6.21. The molecule has 1 saturated heterocycles. The molecule has 1 aliphatic heterocycles. The first-order valence-corrected chi connectivity index (χ1v) is 11.5. The summed E-state index contributed by atoms with van der Waals surface area (Å²) in [6, 6.07) is 6.29. The SMILES string of the molecule is CCOC(=O)C1CCN(C(=O)C(CC)N(c2ccc(C)cc2)S(C)(=O)=O)CC1. The number of amides is 1. The van der Waals surface area contributed by atoms with E-state index in [1.807, 2.05) is 19.1 Å². The smallest absolute Gasteiger partial charge is 0.309 e. The van der Waals surface area contributed by atoms with Gasteiger partial charge in [0, 0.05) is 13.1 Å². The topological polar surface area (TPSA) is 84.0 Å². The van der Waals surface area contributed by atoms with E-state index in [0.29, 0.717) is 44.6 Å². The Bertz CT molecular complexity index is 783. The van der Waals surface area contributed by atoms with Crippen molar-refractivity contribution in [2.24, 2.45) is 5.92 Å². The average Bonchev–Trinajstić information content (AvgIpc) is 2.66. The quantitative estimate of drug-likeness (QED) is 0.644. The largest absolute Gasteiger partial charge is 0.466 e. The maximum Gasteiger partial charge on any atom is 0.309 e. The molecule has 7 nitrogen and oxygen atoms in total.